The van der Waals surface area contributed by atoms with Gasteiger partial charge >= 0.3 is 0 Å². The summed E-state index contributed by atoms with van der Waals surface area (Å²) in [7, 11) is 4.26. The standard InChI is InChI=1S/C21H24O8/c1-26-16-11-14(6-7-15(16)24)20(25)19(12-23)29-21-17(27-2)9-13(5-4-8-22)10-18(21)28-3/h4-11,19-20,23-25H,12H2,1-3H3/b5-4+/t19-,20+/m0/s1. The molecule has 3 N–H and O–H groups in total. The van der Waals surface area contributed by atoms with Crippen LogP contribution in [-0.2, 0) is 4.79 Å². The zero-order chi connectivity index (χ0) is 21.4. The summed E-state index contributed by atoms with van der Waals surface area (Å²) < 4.78 is 21.6. The van der Waals surface area contributed by atoms with Gasteiger partial charge in [0, 0.05) is 0 Å². The van der Waals surface area contributed by atoms with Gasteiger partial charge in [-0.3, -0.25) is 4.79 Å². The van der Waals surface area contributed by atoms with Crippen LogP contribution in [0.2, 0.25) is 0 Å². The molecule has 2 atom stereocenters. The molecule has 0 aliphatic rings. The number of phenols is 1. The molecule has 0 unspecified atom stereocenters. The first-order valence-electron chi connectivity index (χ1n) is 8.69. The van der Waals surface area contributed by atoms with E-state index in [4.69, 9.17) is 18.9 Å². The number of aromatic hydroxyl groups is 1. The van der Waals surface area contributed by atoms with Gasteiger partial charge in [0.05, 0.1) is 27.9 Å². The average Bonchev–Trinajstić information content (AvgIpc) is 2.75. The first kappa shape index (κ1) is 22.1. The summed E-state index contributed by atoms with van der Waals surface area (Å²) in [6.07, 6.45) is 1.24. The smallest absolute Gasteiger partial charge is 0.204 e. The first-order valence-corrected chi connectivity index (χ1v) is 8.69. The number of ether oxygens (including phenoxy) is 4. The van der Waals surface area contributed by atoms with Crippen molar-refractivity contribution in [3.05, 3.63) is 47.5 Å². The average molecular weight is 404 g/mol. The normalized spacial score (nSPS) is 13.0. The van der Waals surface area contributed by atoms with Crippen LogP contribution in [0.25, 0.3) is 6.08 Å². The number of phenolic OH excluding ortho intramolecular Hbond substituents is 1. The third kappa shape index (κ3) is 5.18. The number of carbonyl (C=O) groups excluding carboxylic acids is 1. The van der Waals surface area contributed by atoms with Gasteiger partial charge in [-0.15, -0.1) is 0 Å². The van der Waals surface area contributed by atoms with Gasteiger partial charge in [-0.25, -0.2) is 0 Å². The molecule has 0 fully saturated rings. The van der Waals surface area contributed by atoms with Crippen molar-refractivity contribution in [2.24, 2.45) is 0 Å². The fourth-order valence-corrected chi connectivity index (χ4v) is 2.71. The monoisotopic (exact) mass is 404 g/mol. The molecule has 8 heteroatoms. The third-order valence-electron chi connectivity index (χ3n) is 4.20. The van der Waals surface area contributed by atoms with Crippen molar-refractivity contribution in [1.82, 2.24) is 0 Å². The number of aldehydes is 1. The number of hydrogen-bond donors (Lipinski definition) is 3. The summed E-state index contributed by atoms with van der Waals surface area (Å²) in [6.45, 7) is -0.510. The molecule has 2 aromatic rings. The van der Waals surface area contributed by atoms with E-state index in [9.17, 15) is 20.1 Å². The molecule has 2 rings (SSSR count). The number of benzene rings is 2. The van der Waals surface area contributed by atoms with Crippen LogP contribution in [0.15, 0.2) is 36.4 Å². The lowest BCUT2D eigenvalue weighted by atomic mass is 10.0. The van der Waals surface area contributed by atoms with Gasteiger partial charge in [-0.1, -0.05) is 12.1 Å². The van der Waals surface area contributed by atoms with Crippen LogP contribution in [0, 0.1) is 0 Å². The molecular formula is C21H24O8. The number of aliphatic hydroxyl groups excluding tert-OH is 2. The van der Waals surface area contributed by atoms with Crippen molar-refractivity contribution >= 4 is 12.4 Å². The first-order chi connectivity index (χ1) is 14.0. The molecular weight excluding hydrogens is 380 g/mol. The van der Waals surface area contributed by atoms with Crippen LogP contribution in [0.5, 0.6) is 28.7 Å². The van der Waals surface area contributed by atoms with Crippen LogP contribution in [0.1, 0.15) is 17.2 Å². The number of aliphatic hydroxyl groups is 2. The largest absolute Gasteiger partial charge is 0.504 e. The summed E-state index contributed by atoms with van der Waals surface area (Å²) in [4.78, 5) is 10.6. The van der Waals surface area contributed by atoms with Crippen molar-refractivity contribution < 1.29 is 39.1 Å². The highest BCUT2D eigenvalue weighted by Crippen LogP contribution is 2.41. The summed E-state index contributed by atoms with van der Waals surface area (Å²) in [5.74, 6) is 0.877. The maximum Gasteiger partial charge on any atom is 0.204 e. The minimum absolute atomic E-state index is 0.0766. The lowest BCUT2D eigenvalue weighted by Crippen LogP contribution is -2.29. The molecule has 0 heterocycles. The van der Waals surface area contributed by atoms with E-state index in [1.807, 2.05) is 0 Å². The van der Waals surface area contributed by atoms with Crippen molar-refractivity contribution in [2.45, 2.75) is 12.2 Å². The highest BCUT2D eigenvalue weighted by Gasteiger charge is 2.26. The SMILES string of the molecule is COc1cc([C@@H](O)[C@H](CO)Oc2c(OC)cc(/C=C/C=O)cc2OC)ccc1O. The van der Waals surface area contributed by atoms with Crippen molar-refractivity contribution in [2.75, 3.05) is 27.9 Å². The van der Waals surface area contributed by atoms with Crippen LogP contribution in [0.3, 0.4) is 0 Å². The van der Waals surface area contributed by atoms with E-state index in [2.05, 4.69) is 0 Å². The van der Waals surface area contributed by atoms with Crippen LogP contribution < -0.4 is 18.9 Å². The Labute approximate surface area is 168 Å². The van der Waals surface area contributed by atoms with Gasteiger partial charge in [0.25, 0.3) is 0 Å². The highest BCUT2D eigenvalue weighted by atomic mass is 16.6. The highest BCUT2D eigenvalue weighted by molar-refractivity contribution is 5.75. The molecule has 0 aliphatic carbocycles. The molecule has 8 nitrogen and oxygen atoms in total. The fraction of sp³-hybridized carbons (Fsp3) is 0.286. The summed E-state index contributed by atoms with van der Waals surface area (Å²) in [5.41, 5.74) is 1.02. The second-order valence-electron chi connectivity index (χ2n) is 5.96. The molecule has 0 aliphatic heterocycles. The van der Waals surface area contributed by atoms with E-state index in [0.717, 1.165) is 0 Å². The summed E-state index contributed by atoms with van der Waals surface area (Å²) >= 11 is 0. The zero-order valence-electron chi connectivity index (χ0n) is 16.4. The fourth-order valence-electron chi connectivity index (χ4n) is 2.71. The quantitative estimate of drug-likeness (QED) is 0.407. The molecule has 0 saturated heterocycles. The number of rotatable bonds is 10. The Morgan fingerprint density at radius 2 is 1.62 bits per heavy atom. The van der Waals surface area contributed by atoms with E-state index >= 15 is 0 Å². The Morgan fingerprint density at radius 1 is 1.00 bits per heavy atom. The summed E-state index contributed by atoms with van der Waals surface area (Å²) in [6, 6.07) is 7.58. The van der Waals surface area contributed by atoms with Gasteiger partial charge in [-0.05, 0) is 41.5 Å². The van der Waals surface area contributed by atoms with Crippen LogP contribution in [-0.4, -0.2) is 55.6 Å². The molecule has 0 spiro atoms. The molecule has 2 aromatic carbocycles. The Bertz CT molecular complexity index is 837. The van der Waals surface area contributed by atoms with E-state index in [-0.39, 0.29) is 17.2 Å². The molecule has 156 valence electrons. The third-order valence-corrected chi connectivity index (χ3v) is 4.20. The second-order valence-corrected chi connectivity index (χ2v) is 5.96. The lowest BCUT2D eigenvalue weighted by Gasteiger charge is -2.25. The maximum absolute atomic E-state index is 10.7. The minimum Gasteiger partial charge on any atom is -0.504 e. The predicted octanol–water partition coefficient (Wildman–Crippen LogP) is 2.10. The van der Waals surface area contributed by atoms with Crippen LogP contribution >= 0.6 is 0 Å². The van der Waals surface area contributed by atoms with E-state index in [1.54, 1.807) is 18.2 Å². The summed E-state index contributed by atoms with van der Waals surface area (Å²) in [5, 5.41) is 30.2. The minimum atomic E-state index is -1.24. The van der Waals surface area contributed by atoms with Gasteiger partial charge in [0.15, 0.2) is 29.1 Å². The molecule has 29 heavy (non-hydrogen) atoms. The molecule has 0 saturated carbocycles. The van der Waals surface area contributed by atoms with Crippen molar-refractivity contribution in [3.8, 4) is 28.7 Å². The molecule has 0 radical (unpaired) electrons. The Hall–Kier alpha value is -3.23. The van der Waals surface area contributed by atoms with Gasteiger partial charge in [-0.2, -0.15) is 0 Å². The number of carbonyl (C=O) groups is 1. The number of methoxy groups -OCH3 is 3. The number of hydrogen-bond acceptors (Lipinski definition) is 8. The second kappa shape index (κ2) is 10.4. The van der Waals surface area contributed by atoms with Gasteiger partial charge < -0.3 is 34.3 Å². The molecule has 0 amide bonds. The van der Waals surface area contributed by atoms with Crippen molar-refractivity contribution in [1.29, 1.82) is 0 Å². The van der Waals surface area contributed by atoms with E-state index in [0.29, 0.717) is 28.9 Å². The van der Waals surface area contributed by atoms with Crippen molar-refractivity contribution in [3.63, 3.8) is 0 Å². The van der Waals surface area contributed by atoms with Gasteiger partial charge in [0.1, 0.15) is 12.4 Å². The van der Waals surface area contributed by atoms with E-state index in [1.165, 1.54) is 45.6 Å². The molecule has 0 aromatic heterocycles. The molecule has 0 bridgehead atoms. The van der Waals surface area contributed by atoms with E-state index < -0.39 is 18.8 Å². The van der Waals surface area contributed by atoms with Crippen LogP contribution in [0.4, 0.5) is 0 Å². The maximum atomic E-state index is 10.7. The Kier molecular flexibility index (Phi) is 7.88. The Balaban J connectivity index is 2.38. The number of allylic oxidation sites excluding steroid dienone is 1. The lowest BCUT2D eigenvalue weighted by molar-refractivity contribution is -0.104. The topological polar surface area (TPSA) is 115 Å². The zero-order valence-corrected chi connectivity index (χ0v) is 16.4. The van der Waals surface area contributed by atoms with Gasteiger partial charge in [0.2, 0.25) is 5.75 Å². The predicted molar refractivity (Wildman–Crippen MR) is 106 cm³/mol. The Morgan fingerprint density at radius 3 is 2.14 bits per heavy atom.